The van der Waals surface area contributed by atoms with E-state index < -0.39 is 0 Å². The van der Waals surface area contributed by atoms with Crippen LogP contribution in [0.25, 0.3) is 0 Å². The van der Waals surface area contributed by atoms with Crippen LogP contribution in [0, 0.1) is 13.8 Å². The van der Waals surface area contributed by atoms with Gasteiger partial charge in [0.1, 0.15) is 6.33 Å². The highest BCUT2D eigenvalue weighted by atomic mass is 32.2. The highest BCUT2D eigenvalue weighted by Gasteiger charge is 2.17. The zero-order valence-corrected chi connectivity index (χ0v) is 14.5. The van der Waals surface area contributed by atoms with Crippen LogP contribution >= 0.6 is 11.8 Å². The number of carbonyl (C=O) groups excluding carboxylic acids is 1. The smallest absolute Gasteiger partial charge is 0.323 e. The van der Waals surface area contributed by atoms with Crippen molar-refractivity contribution in [2.24, 2.45) is 0 Å². The number of hydrogen-bond acceptors (Lipinski definition) is 5. The molecule has 0 atom stereocenters. The van der Waals surface area contributed by atoms with Crippen LogP contribution in [0.2, 0.25) is 0 Å². The standard InChI is InChI=1S/C14H22N6OS/c1-6-18(7-2)14(21)20-9-15-13(17-20)22-12-10(4)16-19(8-3)11(12)5/h9H,6-8H2,1-5H3. The molecule has 8 heteroatoms. The van der Waals surface area contributed by atoms with Gasteiger partial charge < -0.3 is 4.90 Å². The predicted molar refractivity (Wildman–Crippen MR) is 85.2 cm³/mol. The largest absolute Gasteiger partial charge is 0.346 e. The van der Waals surface area contributed by atoms with Crippen LogP contribution in [-0.2, 0) is 6.54 Å². The van der Waals surface area contributed by atoms with Gasteiger partial charge in [-0.2, -0.15) is 9.78 Å². The number of carbonyl (C=O) groups is 1. The molecule has 22 heavy (non-hydrogen) atoms. The molecule has 0 unspecified atom stereocenters. The SMILES string of the molecule is CCN(CC)C(=O)n1cnc(Sc2c(C)nn(CC)c2C)n1. The van der Waals surface area contributed by atoms with Crippen LogP contribution in [0.5, 0.6) is 0 Å². The van der Waals surface area contributed by atoms with E-state index in [0.29, 0.717) is 18.2 Å². The van der Waals surface area contributed by atoms with E-state index in [2.05, 4.69) is 22.1 Å². The van der Waals surface area contributed by atoms with Gasteiger partial charge in [-0.05, 0) is 46.4 Å². The van der Waals surface area contributed by atoms with Crippen molar-refractivity contribution < 1.29 is 4.79 Å². The van der Waals surface area contributed by atoms with Crippen molar-refractivity contribution >= 4 is 17.8 Å². The van der Waals surface area contributed by atoms with E-state index in [1.54, 1.807) is 4.90 Å². The Morgan fingerprint density at radius 1 is 1.23 bits per heavy atom. The van der Waals surface area contributed by atoms with Crippen molar-refractivity contribution in [3.63, 3.8) is 0 Å². The molecule has 0 N–H and O–H groups in total. The fourth-order valence-electron chi connectivity index (χ4n) is 2.25. The molecule has 0 aliphatic heterocycles. The van der Waals surface area contributed by atoms with Crippen LogP contribution in [0.15, 0.2) is 16.4 Å². The Hall–Kier alpha value is -1.83. The van der Waals surface area contributed by atoms with E-state index in [0.717, 1.165) is 22.8 Å². The van der Waals surface area contributed by atoms with Crippen molar-refractivity contribution in [3.8, 4) is 0 Å². The molecule has 120 valence electrons. The number of rotatable bonds is 5. The monoisotopic (exact) mass is 322 g/mol. The van der Waals surface area contributed by atoms with E-state index in [-0.39, 0.29) is 6.03 Å². The van der Waals surface area contributed by atoms with Gasteiger partial charge in [0.15, 0.2) is 0 Å². The first-order valence-electron chi connectivity index (χ1n) is 7.44. The molecule has 2 aromatic heterocycles. The molecule has 0 aliphatic carbocycles. The quantitative estimate of drug-likeness (QED) is 0.846. The van der Waals surface area contributed by atoms with Crippen LogP contribution in [-0.4, -0.2) is 48.6 Å². The Kier molecular flexibility index (Phi) is 5.23. The molecule has 0 saturated carbocycles. The molecule has 2 rings (SSSR count). The van der Waals surface area contributed by atoms with E-state index >= 15 is 0 Å². The van der Waals surface area contributed by atoms with Crippen molar-refractivity contribution in [2.45, 2.75) is 51.2 Å². The second-order valence-electron chi connectivity index (χ2n) is 4.84. The minimum atomic E-state index is -0.151. The summed E-state index contributed by atoms with van der Waals surface area (Å²) in [4.78, 5) is 19.2. The summed E-state index contributed by atoms with van der Waals surface area (Å²) in [5, 5.41) is 9.32. The molecule has 2 aromatic rings. The van der Waals surface area contributed by atoms with Gasteiger partial charge in [0, 0.05) is 25.3 Å². The van der Waals surface area contributed by atoms with Crippen LogP contribution in [0.4, 0.5) is 4.79 Å². The summed E-state index contributed by atoms with van der Waals surface area (Å²) in [6, 6.07) is -0.151. The predicted octanol–water partition coefficient (Wildman–Crippen LogP) is 2.57. The van der Waals surface area contributed by atoms with Crippen molar-refractivity contribution in [2.75, 3.05) is 13.1 Å². The third-order valence-corrected chi connectivity index (χ3v) is 4.67. The Balaban J connectivity index is 2.19. The Bertz CT molecular complexity index is 658. The average Bonchev–Trinajstić information content (AvgIpc) is 3.08. The summed E-state index contributed by atoms with van der Waals surface area (Å²) in [7, 11) is 0. The van der Waals surface area contributed by atoms with Crippen LogP contribution < -0.4 is 0 Å². The van der Waals surface area contributed by atoms with Crippen LogP contribution in [0.3, 0.4) is 0 Å². The molecule has 0 bridgehead atoms. The summed E-state index contributed by atoms with van der Waals surface area (Å²) < 4.78 is 3.25. The van der Waals surface area contributed by atoms with Crippen molar-refractivity contribution in [1.82, 2.24) is 29.4 Å². The van der Waals surface area contributed by atoms with Gasteiger partial charge >= 0.3 is 6.03 Å². The van der Waals surface area contributed by atoms with Crippen molar-refractivity contribution in [3.05, 3.63) is 17.7 Å². The van der Waals surface area contributed by atoms with Gasteiger partial charge in [-0.3, -0.25) is 4.68 Å². The molecule has 2 heterocycles. The summed E-state index contributed by atoms with van der Waals surface area (Å²) in [5.74, 6) is 0. The first-order chi connectivity index (χ1) is 10.5. The summed E-state index contributed by atoms with van der Waals surface area (Å²) >= 11 is 1.45. The number of hydrogen-bond donors (Lipinski definition) is 0. The normalized spacial score (nSPS) is 11.0. The Labute approximate surface area is 134 Å². The molecule has 0 saturated heterocycles. The van der Waals surface area contributed by atoms with Gasteiger partial charge in [0.2, 0.25) is 5.16 Å². The van der Waals surface area contributed by atoms with E-state index in [9.17, 15) is 4.79 Å². The lowest BCUT2D eigenvalue weighted by molar-refractivity contribution is 0.201. The first kappa shape index (κ1) is 16.5. The van der Waals surface area contributed by atoms with Gasteiger partial charge in [0.25, 0.3) is 0 Å². The Morgan fingerprint density at radius 3 is 2.45 bits per heavy atom. The fraction of sp³-hybridized carbons (Fsp3) is 0.571. The molecule has 0 spiro atoms. The number of nitrogens with zero attached hydrogens (tertiary/aromatic N) is 6. The second-order valence-corrected chi connectivity index (χ2v) is 5.82. The van der Waals surface area contributed by atoms with Gasteiger partial charge in [-0.1, -0.05) is 0 Å². The third kappa shape index (κ3) is 3.16. The summed E-state index contributed by atoms with van der Waals surface area (Å²) in [6.45, 7) is 12.1. The van der Waals surface area contributed by atoms with E-state index in [4.69, 9.17) is 0 Å². The third-order valence-electron chi connectivity index (χ3n) is 3.51. The topological polar surface area (TPSA) is 68.8 Å². The maximum atomic E-state index is 12.2. The zero-order chi connectivity index (χ0) is 16.3. The number of amides is 1. The molecule has 7 nitrogen and oxygen atoms in total. The summed E-state index contributed by atoms with van der Waals surface area (Å²) in [5.41, 5.74) is 2.05. The molecule has 0 radical (unpaired) electrons. The van der Waals surface area contributed by atoms with Crippen LogP contribution in [0.1, 0.15) is 32.2 Å². The maximum Gasteiger partial charge on any atom is 0.346 e. The lowest BCUT2D eigenvalue weighted by atomic mass is 10.4. The zero-order valence-electron chi connectivity index (χ0n) is 13.7. The van der Waals surface area contributed by atoms with Gasteiger partial charge in [-0.25, -0.2) is 9.78 Å². The Morgan fingerprint density at radius 2 is 1.91 bits per heavy atom. The second kappa shape index (κ2) is 6.95. The number of aromatic nitrogens is 5. The molecular weight excluding hydrogens is 300 g/mol. The minimum Gasteiger partial charge on any atom is -0.323 e. The van der Waals surface area contributed by atoms with Crippen molar-refractivity contribution in [1.29, 1.82) is 0 Å². The van der Waals surface area contributed by atoms with Gasteiger partial charge in [-0.15, -0.1) is 5.10 Å². The highest BCUT2D eigenvalue weighted by Crippen LogP contribution is 2.30. The molecule has 0 fully saturated rings. The van der Waals surface area contributed by atoms with E-state index in [1.807, 2.05) is 32.4 Å². The summed E-state index contributed by atoms with van der Waals surface area (Å²) in [6.07, 6.45) is 1.47. The fourth-order valence-corrected chi connectivity index (χ4v) is 3.11. The number of aryl methyl sites for hydroxylation is 2. The first-order valence-corrected chi connectivity index (χ1v) is 8.26. The average molecular weight is 322 g/mol. The molecule has 0 aliphatic rings. The molecular formula is C14H22N6OS. The van der Waals surface area contributed by atoms with Gasteiger partial charge in [0.05, 0.1) is 10.6 Å². The molecule has 0 aromatic carbocycles. The molecule has 1 amide bonds. The lowest BCUT2D eigenvalue weighted by Crippen LogP contribution is -2.34. The minimum absolute atomic E-state index is 0.151. The maximum absolute atomic E-state index is 12.2. The lowest BCUT2D eigenvalue weighted by Gasteiger charge is -2.17. The van der Waals surface area contributed by atoms with E-state index in [1.165, 1.54) is 22.8 Å². The highest BCUT2D eigenvalue weighted by molar-refractivity contribution is 7.99.